The van der Waals surface area contributed by atoms with Crippen molar-refractivity contribution in [3.8, 4) is 0 Å². The third-order valence-corrected chi connectivity index (χ3v) is 4.78. The number of hydrogen-bond donors (Lipinski definition) is 1. The average molecular weight is 348 g/mol. The molecule has 0 bridgehead atoms. The van der Waals surface area contributed by atoms with Gasteiger partial charge in [0.05, 0.1) is 12.2 Å². The topological polar surface area (TPSA) is 66.7 Å². The van der Waals surface area contributed by atoms with Crippen LogP contribution in [-0.2, 0) is 17.8 Å². The predicted octanol–water partition coefficient (Wildman–Crippen LogP) is 2.48. The molecule has 1 aliphatic heterocycles. The Bertz CT molecular complexity index is 1020. The number of aryl methyl sites for hydroxylation is 1. The first kappa shape index (κ1) is 16.3. The van der Waals surface area contributed by atoms with Crippen LogP contribution in [0.2, 0.25) is 0 Å². The minimum atomic E-state index is -0.136. The summed E-state index contributed by atoms with van der Waals surface area (Å²) in [6.45, 7) is 4.62. The van der Waals surface area contributed by atoms with Crippen molar-refractivity contribution in [1.82, 2.24) is 14.7 Å². The van der Waals surface area contributed by atoms with E-state index in [2.05, 4.69) is 10.3 Å². The molecular weight excluding hydrogens is 328 g/mol. The number of anilines is 1. The minimum Gasteiger partial charge on any atom is -0.346 e. The van der Waals surface area contributed by atoms with Crippen molar-refractivity contribution in [2.75, 3.05) is 11.4 Å². The molecule has 0 aliphatic carbocycles. The number of carbonyl (C=O) groups is 2. The van der Waals surface area contributed by atoms with Crippen molar-refractivity contribution in [2.24, 2.45) is 0 Å². The molecule has 132 valence electrons. The molecule has 0 radical (unpaired) electrons. The highest BCUT2D eigenvalue weighted by molar-refractivity contribution is 5.97. The second kappa shape index (κ2) is 6.29. The zero-order chi connectivity index (χ0) is 18.3. The van der Waals surface area contributed by atoms with Gasteiger partial charge in [0.25, 0.3) is 5.91 Å². The molecule has 2 amide bonds. The fourth-order valence-electron chi connectivity index (χ4n) is 3.43. The quantitative estimate of drug-likeness (QED) is 0.791. The van der Waals surface area contributed by atoms with E-state index in [-0.39, 0.29) is 11.8 Å². The van der Waals surface area contributed by atoms with Crippen molar-refractivity contribution in [2.45, 2.75) is 26.8 Å². The summed E-state index contributed by atoms with van der Waals surface area (Å²) in [6, 6.07) is 9.48. The highest BCUT2D eigenvalue weighted by atomic mass is 16.2. The van der Waals surface area contributed by atoms with Gasteiger partial charge in [-0.1, -0.05) is 6.07 Å². The molecule has 3 heterocycles. The number of amides is 2. The van der Waals surface area contributed by atoms with Gasteiger partial charge >= 0.3 is 0 Å². The Labute approximate surface area is 151 Å². The van der Waals surface area contributed by atoms with Crippen LogP contribution in [0.5, 0.6) is 0 Å². The van der Waals surface area contributed by atoms with Gasteiger partial charge in [-0.2, -0.15) is 0 Å². The van der Waals surface area contributed by atoms with E-state index in [1.807, 2.05) is 48.0 Å². The van der Waals surface area contributed by atoms with E-state index >= 15 is 0 Å². The van der Waals surface area contributed by atoms with Gasteiger partial charge in [-0.05, 0) is 48.7 Å². The SMILES string of the molecule is CC(=O)N1CCc2cc(C(=O)NCc3cn4cccc(C)c4n3)ccc21. The molecule has 6 heteroatoms. The first-order valence-corrected chi connectivity index (χ1v) is 8.65. The molecule has 6 nitrogen and oxygen atoms in total. The molecule has 2 aromatic heterocycles. The Balaban J connectivity index is 1.48. The smallest absolute Gasteiger partial charge is 0.251 e. The molecule has 0 fully saturated rings. The van der Waals surface area contributed by atoms with Gasteiger partial charge in [-0.25, -0.2) is 4.98 Å². The number of pyridine rings is 1. The summed E-state index contributed by atoms with van der Waals surface area (Å²) in [5, 5.41) is 2.93. The van der Waals surface area contributed by atoms with Crippen LogP contribution in [0.1, 0.15) is 34.1 Å². The Morgan fingerprint density at radius 2 is 2.12 bits per heavy atom. The van der Waals surface area contributed by atoms with Gasteiger partial charge in [0.2, 0.25) is 5.91 Å². The summed E-state index contributed by atoms with van der Waals surface area (Å²) in [5.41, 5.74) is 5.36. The number of fused-ring (bicyclic) bond motifs is 2. The van der Waals surface area contributed by atoms with E-state index in [0.29, 0.717) is 18.7 Å². The summed E-state index contributed by atoms with van der Waals surface area (Å²) in [4.78, 5) is 30.4. The highest BCUT2D eigenvalue weighted by Crippen LogP contribution is 2.28. The van der Waals surface area contributed by atoms with Crippen molar-refractivity contribution in [3.63, 3.8) is 0 Å². The maximum Gasteiger partial charge on any atom is 0.251 e. The van der Waals surface area contributed by atoms with Gasteiger partial charge in [0, 0.05) is 37.1 Å². The number of imidazole rings is 1. The zero-order valence-electron chi connectivity index (χ0n) is 14.8. The molecule has 0 saturated carbocycles. The maximum atomic E-state index is 12.5. The van der Waals surface area contributed by atoms with Gasteiger partial charge < -0.3 is 14.6 Å². The van der Waals surface area contributed by atoms with Crippen LogP contribution in [0.15, 0.2) is 42.7 Å². The second-order valence-electron chi connectivity index (χ2n) is 6.60. The van der Waals surface area contributed by atoms with Gasteiger partial charge in [0.15, 0.2) is 0 Å². The molecule has 1 N–H and O–H groups in total. The molecule has 0 spiro atoms. The Hall–Kier alpha value is -3.15. The lowest BCUT2D eigenvalue weighted by molar-refractivity contribution is -0.116. The Morgan fingerprint density at radius 3 is 2.88 bits per heavy atom. The molecule has 0 saturated heterocycles. The zero-order valence-corrected chi connectivity index (χ0v) is 14.8. The van der Waals surface area contributed by atoms with Crippen molar-refractivity contribution in [1.29, 1.82) is 0 Å². The monoisotopic (exact) mass is 348 g/mol. The molecule has 0 unspecified atom stereocenters. The van der Waals surface area contributed by atoms with E-state index in [1.165, 1.54) is 0 Å². The molecule has 0 atom stereocenters. The predicted molar refractivity (Wildman–Crippen MR) is 99.3 cm³/mol. The van der Waals surface area contributed by atoms with Crippen molar-refractivity contribution in [3.05, 3.63) is 65.1 Å². The lowest BCUT2D eigenvalue weighted by atomic mass is 10.1. The first-order chi connectivity index (χ1) is 12.5. The average Bonchev–Trinajstić information content (AvgIpc) is 3.23. The van der Waals surface area contributed by atoms with Crippen molar-refractivity contribution < 1.29 is 9.59 Å². The van der Waals surface area contributed by atoms with Gasteiger partial charge in [-0.15, -0.1) is 0 Å². The fraction of sp³-hybridized carbons (Fsp3) is 0.250. The van der Waals surface area contributed by atoms with Crippen LogP contribution in [0.4, 0.5) is 5.69 Å². The minimum absolute atomic E-state index is 0.0306. The molecule has 26 heavy (non-hydrogen) atoms. The number of nitrogens with one attached hydrogen (secondary N) is 1. The van der Waals surface area contributed by atoms with E-state index in [0.717, 1.165) is 34.6 Å². The van der Waals surface area contributed by atoms with Crippen LogP contribution < -0.4 is 10.2 Å². The van der Waals surface area contributed by atoms with Crippen LogP contribution in [0, 0.1) is 6.92 Å². The third kappa shape index (κ3) is 2.83. The largest absolute Gasteiger partial charge is 0.346 e. The van der Waals surface area contributed by atoms with E-state index in [4.69, 9.17) is 0 Å². The maximum absolute atomic E-state index is 12.5. The lowest BCUT2D eigenvalue weighted by Gasteiger charge is -2.14. The standard InChI is InChI=1S/C20H20N4O2/c1-13-4-3-8-23-12-17(22-19(13)23)11-21-20(26)16-5-6-18-15(10-16)7-9-24(18)14(2)25/h3-6,8,10,12H,7,9,11H2,1-2H3,(H,21,26). The first-order valence-electron chi connectivity index (χ1n) is 8.65. The molecule has 3 aromatic rings. The molecular formula is C20H20N4O2. The molecule has 1 aromatic carbocycles. The van der Waals surface area contributed by atoms with Crippen LogP contribution in [0.25, 0.3) is 5.65 Å². The normalized spacial score (nSPS) is 13.1. The second-order valence-corrected chi connectivity index (χ2v) is 6.60. The highest BCUT2D eigenvalue weighted by Gasteiger charge is 2.23. The Morgan fingerprint density at radius 1 is 1.27 bits per heavy atom. The summed E-state index contributed by atoms with van der Waals surface area (Å²) >= 11 is 0. The van der Waals surface area contributed by atoms with Crippen LogP contribution in [-0.4, -0.2) is 27.7 Å². The van der Waals surface area contributed by atoms with Crippen LogP contribution >= 0.6 is 0 Å². The van der Waals surface area contributed by atoms with Crippen LogP contribution in [0.3, 0.4) is 0 Å². The summed E-state index contributed by atoms with van der Waals surface area (Å²) in [6.07, 6.45) is 4.65. The van der Waals surface area contributed by atoms with Gasteiger partial charge in [-0.3, -0.25) is 9.59 Å². The van der Waals surface area contributed by atoms with Crippen molar-refractivity contribution >= 4 is 23.1 Å². The van der Waals surface area contributed by atoms with E-state index < -0.39 is 0 Å². The summed E-state index contributed by atoms with van der Waals surface area (Å²) < 4.78 is 1.96. The Kier molecular flexibility index (Phi) is 3.95. The summed E-state index contributed by atoms with van der Waals surface area (Å²) in [7, 11) is 0. The lowest BCUT2D eigenvalue weighted by Crippen LogP contribution is -2.26. The van der Waals surface area contributed by atoms with E-state index in [1.54, 1.807) is 17.9 Å². The van der Waals surface area contributed by atoms with Gasteiger partial charge in [0.1, 0.15) is 5.65 Å². The molecule has 4 rings (SSSR count). The third-order valence-electron chi connectivity index (χ3n) is 4.78. The number of rotatable bonds is 3. The number of aromatic nitrogens is 2. The molecule has 1 aliphatic rings. The number of hydrogen-bond acceptors (Lipinski definition) is 3. The van der Waals surface area contributed by atoms with E-state index in [9.17, 15) is 9.59 Å². The number of nitrogens with zero attached hydrogens (tertiary/aromatic N) is 3. The summed E-state index contributed by atoms with van der Waals surface area (Å²) in [5.74, 6) is -0.106. The number of benzene rings is 1. The fourth-order valence-corrected chi connectivity index (χ4v) is 3.43. The number of carbonyl (C=O) groups excluding carboxylic acids is 2.